The van der Waals surface area contributed by atoms with Crippen LogP contribution in [0.2, 0.25) is 5.02 Å². The number of hydrogen-bond donors (Lipinski definition) is 0. The van der Waals surface area contributed by atoms with E-state index in [9.17, 15) is 9.59 Å². The molecule has 0 amide bonds. The number of oxime groups is 1. The van der Waals surface area contributed by atoms with Gasteiger partial charge in [-0.05, 0) is 86.3 Å². The zero-order valence-corrected chi connectivity index (χ0v) is 22.4. The summed E-state index contributed by atoms with van der Waals surface area (Å²) in [6, 6.07) is 7.75. The van der Waals surface area contributed by atoms with Crippen LogP contribution in [0.3, 0.4) is 0 Å². The Bertz CT molecular complexity index is 1170. The van der Waals surface area contributed by atoms with E-state index in [1.807, 2.05) is 24.3 Å². The topological polar surface area (TPSA) is 65.0 Å². The summed E-state index contributed by atoms with van der Waals surface area (Å²) < 4.78 is 5.60. The normalized spacial score (nSPS) is 42.6. The monoisotopic (exact) mass is 509 g/mol. The van der Waals surface area contributed by atoms with Gasteiger partial charge in [0.1, 0.15) is 6.10 Å². The maximum atomic E-state index is 13.4. The van der Waals surface area contributed by atoms with Crippen LogP contribution in [0.4, 0.5) is 0 Å². The fourth-order valence-corrected chi connectivity index (χ4v) is 9.37. The number of fused-ring (bicyclic) bond motifs is 7. The van der Waals surface area contributed by atoms with Crippen molar-refractivity contribution in [3.05, 3.63) is 46.5 Å². The molecule has 1 aliphatic heterocycles. The number of nitrogens with zero attached hydrogens (tertiary/aromatic N) is 1. The van der Waals surface area contributed by atoms with Crippen molar-refractivity contribution < 1.29 is 19.2 Å². The molecule has 0 saturated heterocycles. The third kappa shape index (κ3) is 3.17. The van der Waals surface area contributed by atoms with Gasteiger partial charge in [-0.15, -0.1) is 0 Å². The number of allylic oxidation sites excluding steroid dienone is 1. The largest absolute Gasteiger partial charge is 0.462 e. The van der Waals surface area contributed by atoms with Gasteiger partial charge < -0.3 is 9.57 Å². The molecule has 1 aromatic rings. The second-order valence-corrected chi connectivity index (χ2v) is 12.8. The minimum absolute atomic E-state index is 0.00518. The number of Topliss-reactive ketones (excluding diaryl/α,β-unsaturated/α-hetero) is 1. The first-order valence-electron chi connectivity index (χ1n) is 13.5. The van der Waals surface area contributed by atoms with E-state index in [1.54, 1.807) is 6.92 Å². The highest BCUT2D eigenvalue weighted by Crippen LogP contribution is 2.70. The SMILES string of the molecule is CC(=O)O[C@H]1CC[C@@]2(C)C(=CC[C@@H]3[C@@H]2CC[C@@]2(C)[C@H]3C[C@H]3C(c4ccc(Cl)cc4)=NO[C@]32C(C)=O)C1. The van der Waals surface area contributed by atoms with E-state index in [4.69, 9.17) is 21.2 Å². The molecular weight excluding hydrogens is 474 g/mol. The molecule has 4 aliphatic carbocycles. The number of ketones is 1. The Morgan fingerprint density at radius 3 is 2.53 bits per heavy atom. The number of carbonyl (C=O) groups excluding carboxylic acids is 2. The third-order valence-electron chi connectivity index (χ3n) is 10.9. The molecule has 6 heteroatoms. The number of ether oxygens (including phenoxy) is 1. The van der Waals surface area contributed by atoms with Crippen LogP contribution < -0.4 is 0 Å². The predicted octanol–water partition coefficient (Wildman–Crippen LogP) is 6.52. The summed E-state index contributed by atoms with van der Waals surface area (Å²) in [5, 5.41) is 5.25. The molecule has 192 valence electrons. The summed E-state index contributed by atoms with van der Waals surface area (Å²) in [4.78, 5) is 31.3. The third-order valence-corrected chi connectivity index (χ3v) is 11.1. The van der Waals surface area contributed by atoms with Crippen molar-refractivity contribution >= 4 is 29.1 Å². The Morgan fingerprint density at radius 2 is 1.83 bits per heavy atom. The quantitative estimate of drug-likeness (QED) is 0.343. The molecule has 0 N–H and O–H groups in total. The van der Waals surface area contributed by atoms with Gasteiger partial charge in [-0.25, -0.2) is 0 Å². The van der Waals surface area contributed by atoms with Crippen molar-refractivity contribution in [1.82, 2.24) is 0 Å². The lowest BCUT2D eigenvalue weighted by Crippen LogP contribution is -2.58. The summed E-state index contributed by atoms with van der Waals surface area (Å²) in [6.07, 6.45) is 9.30. The molecule has 8 atom stereocenters. The molecule has 36 heavy (non-hydrogen) atoms. The molecule has 0 unspecified atom stereocenters. The Labute approximate surface area is 218 Å². The van der Waals surface area contributed by atoms with Gasteiger partial charge in [0, 0.05) is 23.8 Å². The standard InChI is InChI=1S/C30H36ClNO4/c1-17(33)30-26(27(32-36-30)19-5-8-21(31)9-6-19)16-25-23-10-7-20-15-22(35-18(2)34)11-13-28(20,3)24(23)12-14-29(25,30)4/h5-9,22-26H,10-16H2,1-4H3/t22-,23+,24-,25-,26-,28-,29-,30+/m0/s1. The maximum Gasteiger partial charge on any atom is 0.302 e. The van der Waals surface area contributed by atoms with Gasteiger partial charge in [-0.2, -0.15) is 0 Å². The van der Waals surface area contributed by atoms with E-state index in [2.05, 4.69) is 25.1 Å². The van der Waals surface area contributed by atoms with Crippen LogP contribution in [0.5, 0.6) is 0 Å². The van der Waals surface area contributed by atoms with Gasteiger partial charge in [0.2, 0.25) is 5.60 Å². The number of halogens is 1. The number of esters is 1. The molecule has 0 aromatic heterocycles. The molecule has 5 aliphatic rings. The van der Waals surface area contributed by atoms with E-state index in [0.717, 1.165) is 56.2 Å². The molecular formula is C30H36ClNO4. The van der Waals surface area contributed by atoms with Gasteiger partial charge in [0.05, 0.1) is 11.6 Å². The van der Waals surface area contributed by atoms with Gasteiger partial charge >= 0.3 is 5.97 Å². The second kappa shape index (κ2) is 8.18. The first-order chi connectivity index (χ1) is 17.1. The fourth-order valence-electron chi connectivity index (χ4n) is 9.24. The van der Waals surface area contributed by atoms with Crippen molar-refractivity contribution in [2.24, 2.45) is 39.7 Å². The lowest BCUT2D eigenvalue weighted by Gasteiger charge is -2.58. The minimum Gasteiger partial charge on any atom is -0.462 e. The van der Waals surface area contributed by atoms with Gasteiger partial charge in [-0.3, -0.25) is 9.59 Å². The molecule has 0 spiro atoms. The molecule has 1 aromatic carbocycles. The summed E-state index contributed by atoms with van der Waals surface area (Å²) in [5.74, 6) is 1.36. The van der Waals surface area contributed by atoms with Crippen LogP contribution in [-0.2, 0) is 19.2 Å². The summed E-state index contributed by atoms with van der Waals surface area (Å²) >= 11 is 6.15. The van der Waals surface area contributed by atoms with E-state index >= 15 is 0 Å². The summed E-state index contributed by atoms with van der Waals surface area (Å²) in [7, 11) is 0. The Balaban J connectivity index is 1.34. The highest BCUT2D eigenvalue weighted by atomic mass is 35.5. The minimum atomic E-state index is -0.893. The zero-order valence-electron chi connectivity index (χ0n) is 21.7. The van der Waals surface area contributed by atoms with Crippen molar-refractivity contribution in [3.8, 4) is 0 Å². The zero-order chi connectivity index (χ0) is 25.5. The lowest BCUT2D eigenvalue weighted by atomic mass is 9.46. The summed E-state index contributed by atoms with van der Waals surface area (Å²) in [6.45, 7) is 7.95. The average molecular weight is 510 g/mol. The van der Waals surface area contributed by atoms with E-state index in [0.29, 0.717) is 22.8 Å². The van der Waals surface area contributed by atoms with Crippen LogP contribution in [0.15, 0.2) is 41.1 Å². The molecule has 3 fully saturated rings. The summed E-state index contributed by atoms with van der Waals surface area (Å²) in [5.41, 5.74) is 2.36. The predicted molar refractivity (Wildman–Crippen MR) is 139 cm³/mol. The van der Waals surface area contributed by atoms with Crippen LogP contribution in [0.25, 0.3) is 0 Å². The van der Waals surface area contributed by atoms with Crippen LogP contribution in [0, 0.1) is 34.5 Å². The lowest BCUT2D eigenvalue weighted by molar-refractivity contribution is -0.174. The number of carbonyl (C=O) groups is 2. The first kappa shape index (κ1) is 24.2. The molecule has 3 saturated carbocycles. The average Bonchev–Trinajstić information content (AvgIpc) is 3.34. The van der Waals surface area contributed by atoms with Crippen molar-refractivity contribution in [3.63, 3.8) is 0 Å². The van der Waals surface area contributed by atoms with Crippen molar-refractivity contribution in [1.29, 1.82) is 0 Å². The van der Waals surface area contributed by atoms with Gasteiger partial charge in [0.25, 0.3) is 0 Å². The molecule has 1 heterocycles. The number of benzene rings is 1. The van der Waals surface area contributed by atoms with Gasteiger partial charge in [-0.1, -0.05) is 54.4 Å². The van der Waals surface area contributed by atoms with Crippen molar-refractivity contribution in [2.45, 2.75) is 84.3 Å². The second-order valence-electron chi connectivity index (χ2n) is 12.3. The number of rotatable bonds is 3. The number of hydrogen-bond acceptors (Lipinski definition) is 5. The molecule has 6 rings (SSSR count). The Hall–Kier alpha value is -2.14. The van der Waals surface area contributed by atoms with Crippen molar-refractivity contribution in [2.75, 3.05) is 0 Å². The Morgan fingerprint density at radius 1 is 1.08 bits per heavy atom. The van der Waals surface area contributed by atoms with Crippen LogP contribution >= 0.6 is 11.6 Å². The molecule has 5 nitrogen and oxygen atoms in total. The smallest absolute Gasteiger partial charge is 0.302 e. The van der Waals surface area contributed by atoms with Crippen LogP contribution in [-0.4, -0.2) is 29.2 Å². The van der Waals surface area contributed by atoms with E-state index in [-0.39, 0.29) is 34.6 Å². The highest BCUT2D eigenvalue weighted by molar-refractivity contribution is 6.30. The van der Waals surface area contributed by atoms with Gasteiger partial charge in [0.15, 0.2) is 5.78 Å². The highest BCUT2D eigenvalue weighted by Gasteiger charge is 2.74. The Kier molecular flexibility index (Phi) is 5.50. The molecule has 0 bridgehead atoms. The first-order valence-corrected chi connectivity index (χ1v) is 13.9. The van der Waals surface area contributed by atoms with Crippen LogP contribution in [0.1, 0.15) is 78.2 Å². The van der Waals surface area contributed by atoms with E-state index in [1.165, 1.54) is 12.5 Å². The molecule has 0 radical (unpaired) electrons. The maximum absolute atomic E-state index is 13.4. The fraction of sp³-hybridized carbons (Fsp3) is 0.633. The van der Waals surface area contributed by atoms with E-state index < -0.39 is 5.60 Å².